The minimum Gasteiger partial charge on any atom is -0.460 e. The minimum absolute atomic E-state index is 0.0299. The number of nitrogens with two attached hydrogens (primary N) is 1. The van der Waals surface area contributed by atoms with Gasteiger partial charge in [0, 0.05) is 26.2 Å². The van der Waals surface area contributed by atoms with Crippen molar-refractivity contribution in [3.05, 3.63) is 12.7 Å². The van der Waals surface area contributed by atoms with Crippen LogP contribution in [0.15, 0.2) is 17.6 Å². The number of hydrogen-bond donors (Lipinski definition) is 1. The molecule has 5 nitrogen and oxygen atoms in total. The summed E-state index contributed by atoms with van der Waals surface area (Å²) in [7, 11) is 0. The normalized spacial score (nSPS) is 31.1. The quantitative estimate of drug-likeness (QED) is 0.663. The van der Waals surface area contributed by atoms with E-state index in [4.69, 9.17) is 10.5 Å². The van der Waals surface area contributed by atoms with Crippen LogP contribution in [0.3, 0.4) is 0 Å². The van der Waals surface area contributed by atoms with Gasteiger partial charge in [-0.15, -0.1) is 6.58 Å². The fourth-order valence-corrected chi connectivity index (χ4v) is 2.07. The molecule has 0 aromatic carbocycles. The molecule has 0 aliphatic carbocycles. The van der Waals surface area contributed by atoms with Gasteiger partial charge in [-0.3, -0.25) is 4.90 Å². The zero-order chi connectivity index (χ0) is 11.5. The molecule has 5 heteroatoms. The average molecular weight is 224 g/mol. The molecule has 2 aliphatic rings. The van der Waals surface area contributed by atoms with Crippen LogP contribution in [0.5, 0.6) is 0 Å². The predicted octanol–water partition coefficient (Wildman–Crippen LogP) is -0.150. The Morgan fingerprint density at radius 2 is 2.44 bits per heavy atom. The summed E-state index contributed by atoms with van der Waals surface area (Å²) in [6, 6.07) is 0.721. The van der Waals surface area contributed by atoms with Gasteiger partial charge in [-0.1, -0.05) is 6.08 Å². The van der Waals surface area contributed by atoms with E-state index in [0.717, 1.165) is 38.7 Å². The molecule has 1 fully saturated rings. The summed E-state index contributed by atoms with van der Waals surface area (Å²) in [5.41, 5.74) is 6.11. The van der Waals surface area contributed by atoms with Crippen LogP contribution in [0, 0.1) is 0 Å². The zero-order valence-electron chi connectivity index (χ0n) is 9.80. The molecule has 0 amide bonds. The van der Waals surface area contributed by atoms with Gasteiger partial charge in [0.25, 0.3) is 6.02 Å². The second-order valence-electron chi connectivity index (χ2n) is 4.36. The summed E-state index contributed by atoms with van der Waals surface area (Å²) in [5, 5.41) is 0. The third kappa shape index (κ3) is 2.36. The minimum atomic E-state index is -0.0299. The smallest absolute Gasteiger partial charge is 0.289 e. The van der Waals surface area contributed by atoms with E-state index in [-0.39, 0.29) is 12.3 Å². The monoisotopic (exact) mass is 224 g/mol. The third-order valence-corrected chi connectivity index (χ3v) is 2.93. The van der Waals surface area contributed by atoms with Gasteiger partial charge in [-0.05, 0) is 6.92 Å². The van der Waals surface area contributed by atoms with Gasteiger partial charge in [0.15, 0.2) is 0 Å². The second-order valence-corrected chi connectivity index (χ2v) is 4.36. The lowest BCUT2D eigenvalue weighted by atomic mass is 10.3. The molecule has 0 aromatic rings. The van der Waals surface area contributed by atoms with Crippen molar-refractivity contribution in [2.45, 2.75) is 19.2 Å². The molecule has 0 radical (unpaired) electrons. The molecule has 1 saturated heterocycles. The first kappa shape index (κ1) is 11.4. The number of ether oxygens (including phenoxy) is 1. The van der Waals surface area contributed by atoms with Crippen LogP contribution in [0.2, 0.25) is 0 Å². The Labute approximate surface area is 96.6 Å². The van der Waals surface area contributed by atoms with Crippen LogP contribution in [0.25, 0.3) is 0 Å². The summed E-state index contributed by atoms with van der Waals surface area (Å²) < 4.78 is 5.62. The summed E-state index contributed by atoms with van der Waals surface area (Å²) in [6.07, 6.45) is 2.07. The van der Waals surface area contributed by atoms with Crippen molar-refractivity contribution in [1.82, 2.24) is 9.80 Å². The highest BCUT2D eigenvalue weighted by molar-refractivity contribution is 5.75. The van der Waals surface area contributed by atoms with E-state index < -0.39 is 0 Å². The van der Waals surface area contributed by atoms with E-state index in [0.29, 0.717) is 0 Å². The van der Waals surface area contributed by atoms with Crippen LogP contribution in [-0.2, 0) is 4.74 Å². The van der Waals surface area contributed by atoms with Gasteiger partial charge in [0.2, 0.25) is 0 Å². The van der Waals surface area contributed by atoms with Crippen LogP contribution in [0.4, 0.5) is 0 Å². The molecule has 90 valence electrons. The molecule has 2 heterocycles. The number of rotatable bonds is 2. The SMILES string of the molecule is C=CCN1CCN(C2=NCC(C)O2)C(N)C1. The lowest BCUT2D eigenvalue weighted by molar-refractivity contribution is 0.105. The standard InChI is InChI=1S/C11H20N4O/c1-3-4-14-5-6-15(10(12)8-14)11-13-7-9(2)16-11/h3,9-10H,1,4-8,12H2,2H3. The van der Waals surface area contributed by atoms with E-state index in [2.05, 4.69) is 21.4 Å². The van der Waals surface area contributed by atoms with Crippen molar-refractivity contribution < 1.29 is 4.74 Å². The topological polar surface area (TPSA) is 54.1 Å². The summed E-state index contributed by atoms with van der Waals surface area (Å²) >= 11 is 0. The van der Waals surface area contributed by atoms with Crippen molar-refractivity contribution in [2.24, 2.45) is 10.7 Å². The molecule has 0 saturated carbocycles. The molecule has 2 rings (SSSR count). The van der Waals surface area contributed by atoms with E-state index >= 15 is 0 Å². The second kappa shape index (κ2) is 4.84. The maximum atomic E-state index is 6.11. The van der Waals surface area contributed by atoms with Crippen molar-refractivity contribution in [3.63, 3.8) is 0 Å². The van der Waals surface area contributed by atoms with Crippen molar-refractivity contribution in [1.29, 1.82) is 0 Å². The number of aliphatic imine (C=N–C) groups is 1. The molecular formula is C11H20N4O. The van der Waals surface area contributed by atoms with Gasteiger partial charge in [0.05, 0.1) is 12.7 Å². The summed E-state index contributed by atoms with van der Waals surface area (Å²) in [4.78, 5) is 8.71. The molecule has 2 aliphatic heterocycles. The Balaban J connectivity index is 1.91. The van der Waals surface area contributed by atoms with Gasteiger partial charge >= 0.3 is 0 Å². The van der Waals surface area contributed by atoms with Crippen LogP contribution in [0.1, 0.15) is 6.92 Å². The van der Waals surface area contributed by atoms with Crippen LogP contribution < -0.4 is 5.73 Å². The van der Waals surface area contributed by atoms with E-state index in [9.17, 15) is 0 Å². The van der Waals surface area contributed by atoms with Crippen molar-refractivity contribution in [3.8, 4) is 0 Å². The summed E-state index contributed by atoms with van der Waals surface area (Å²) in [5.74, 6) is 0. The van der Waals surface area contributed by atoms with Gasteiger partial charge in [0.1, 0.15) is 6.10 Å². The lowest BCUT2D eigenvalue weighted by Gasteiger charge is -2.39. The highest BCUT2D eigenvalue weighted by Crippen LogP contribution is 2.13. The Morgan fingerprint density at radius 3 is 3.00 bits per heavy atom. The van der Waals surface area contributed by atoms with Crippen molar-refractivity contribution in [2.75, 3.05) is 32.7 Å². The first-order valence-electron chi connectivity index (χ1n) is 5.77. The van der Waals surface area contributed by atoms with Gasteiger partial charge in [-0.2, -0.15) is 0 Å². The first-order valence-corrected chi connectivity index (χ1v) is 5.77. The number of amidine groups is 1. The zero-order valence-corrected chi connectivity index (χ0v) is 9.80. The third-order valence-electron chi connectivity index (χ3n) is 2.93. The number of nitrogens with zero attached hydrogens (tertiary/aromatic N) is 3. The largest absolute Gasteiger partial charge is 0.460 e. The molecular weight excluding hydrogens is 204 g/mol. The Hall–Kier alpha value is -1.07. The van der Waals surface area contributed by atoms with E-state index in [1.165, 1.54) is 0 Å². The average Bonchev–Trinajstić information content (AvgIpc) is 2.65. The molecule has 2 unspecified atom stereocenters. The summed E-state index contributed by atoms with van der Waals surface area (Å²) in [6.45, 7) is 10.1. The molecule has 2 N–H and O–H groups in total. The van der Waals surface area contributed by atoms with Gasteiger partial charge < -0.3 is 15.4 Å². The molecule has 2 atom stereocenters. The lowest BCUT2D eigenvalue weighted by Crippen LogP contribution is -2.59. The maximum absolute atomic E-state index is 6.11. The van der Waals surface area contributed by atoms with Gasteiger partial charge in [-0.25, -0.2) is 4.99 Å². The first-order chi connectivity index (χ1) is 7.70. The molecule has 0 bridgehead atoms. The molecule has 0 aromatic heterocycles. The highest BCUT2D eigenvalue weighted by Gasteiger charge is 2.30. The fourth-order valence-electron chi connectivity index (χ4n) is 2.07. The Bertz CT molecular complexity index is 292. The van der Waals surface area contributed by atoms with Crippen LogP contribution >= 0.6 is 0 Å². The highest BCUT2D eigenvalue weighted by atomic mass is 16.5. The fraction of sp³-hybridized carbons (Fsp3) is 0.727. The predicted molar refractivity (Wildman–Crippen MR) is 64.2 cm³/mol. The Morgan fingerprint density at radius 1 is 1.62 bits per heavy atom. The van der Waals surface area contributed by atoms with E-state index in [1.807, 2.05) is 13.0 Å². The maximum Gasteiger partial charge on any atom is 0.289 e. The Kier molecular flexibility index (Phi) is 3.46. The van der Waals surface area contributed by atoms with E-state index in [1.54, 1.807) is 0 Å². The number of piperazine rings is 1. The van der Waals surface area contributed by atoms with Crippen LogP contribution in [-0.4, -0.2) is 60.8 Å². The number of hydrogen-bond acceptors (Lipinski definition) is 5. The molecule has 0 spiro atoms. The van der Waals surface area contributed by atoms with Crippen molar-refractivity contribution >= 4 is 6.02 Å². The molecule has 16 heavy (non-hydrogen) atoms.